The van der Waals surface area contributed by atoms with Crippen LogP contribution >= 0.6 is 0 Å². The number of hydrogen-bond donors (Lipinski definition) is 1. The van der Waals surface area contributed by atoms with Crippen molar-refractivity contribution in [2.45, 2.75) is 19.8 Å². The lowest BCUT2D eigenvalue weighted by molar-refractivity contribution is -0.136. The Hall–Kier alpha value is -1.84. The molecule has 84 valence electrons. The van der Waals surface area contributed by atoms with Crippen LogP contribution in [0.15, 0.2) is 18.2 Å². The fourth-order valence-corrected chi connectivity index (χ4v) is 1.93. The summed E-state index contributed by atoms with van der Waals surface area (Å²) < 4.78 is 1.78. The summed E-state index contributed by atoms with van der Waals surface area (Å²) in [5.41, 5.74) is 3.07. The van der Waals surface area contributed by atoms with Crippen LogP contribution < -0.4 is 0 Å². The third kappa shape index (κ3) is 1.78. The van der Waals surface area contributed by atoms with Crippen molar-refractivity contribution in [3.63, 3.8) is 0 Å². The largest absolute Gasteiger partial charge is 0.481 e. The highest BCUT2D eigenvalue weighted by Gasteiger charge is 2.11. The van der Waals surface area contributed by atoms with Crippen molar-refractivity contribution in [2.24, 2.45) is 7.05 Å². The molecule has 0 amide bonds. The molecular weight excluding hydrogens is 204 g/mol. The first-order valence-corrected chi connectivity index (χ1v) is 5.22. The monoisotopic (exact) mass is 218 g/mol. The van der Waals surface area contributed by atoms with Crippen LogP contribution in [0, 0.1) is 6.92 Å². The second kappa shape index (κ2) is 3.96. The number of aromatic nitrogens is 2. The average Bonchev–Trinajstić information content (AvgIpc) is 2.53. The van der Waals surface area contributed by atoms with Gasteiger partial charge in [0.1, 0.15) is 0 Å². The molecule has 0 aliphatic rings. The minimum Gasteiger partial charge on any atom is -0.481 e. The summed E-state index contributed by atoms with van der Waals surface area (Å²) in [5.74, 6) is -0.776. The van der Waals surface area contributed by atoms with Crippen molar-refractivity contribution in [3.05, 3.63) is 29.5 Å². The molecule has 2 aromatic rings. The normalized spacial score (nSPS) is 10.9. The minimum atomic E-state index is -0.776. The molecule has 0 bridgehead atoms. The van der Waals surface area contributed by atoms with Crippen molar-refractivity contribution in [1.29, 1.82) is 0 Å². The maximum Gasteiger partial charge on any atom is 0.303 e. The maximum atomic E-state index is 10.6. The molecule has 0 spiro atoms. The molecule has 0 atom stereocenters. The Morgan fingerprint density at radius 3 is 2.94 bits per heavy atom. The topological polar surface area (TPSA) is 55.1 Å². The molecule has 16 heavy (non-hydrogen) atoms. The minimum absolute atomic E-state index is 0.141. The molecule has 0 radical (unpaired) electrons. The van der Waals surface area contributed by atoms with Crippen LogP contribution in [0.25, 0.3) is 10.9 Å². The highest BCUT2D eigenvalue weighted by molar-refractivity contribution is 5.84. The summed E-state index contributed by atoms with van der Waals surface area (Å²) in [6, 6.07) is 5.98. The van der Waals surface area contributed by atoms with E-state index in [1.54, 1.807) is 4.68 Å². The van der Waals surface area contributed by atoms with Gasteiger partial charge in [0.25, 0.3) is 0 Å². The van der Waals surface area contributed by atoms with Crippen LogP contribution in [0.3, 0.4) is 0 Å². The zero-order chi connectivity index (χ0) is 11.7. The highest BCUT2D eigenvalue weighted by atomic mass is 16.4. The second-order valence-electron chi connectivity index (χ2n) is 3.94. The van der Waals surface area contributed by atoms with Gasteiger partial charge >= 0.3 is 5.97 Å². The summed E-state index contributed by atoms with van der Waals surface area (Å²) in [6.07, 6.45) is 0.661. The van der Waals surface area contributed by atoms with Crippen molar-refractivity contribution >= 4 is 16.9 Å². The first-order valence-electron chi connectivity index (χ1n) is 5.22. The van der Waals surface area contributed by atoms with E-state index in [9.17, 15) is 4.79 Å². The van der Waals surface area contributed by atoms with Gasteiger partial charge in [-0.3, -0.25) is 9.48 Å². The summed E-state index contributed by atoms with van der Waals surface area (Å²) >= 11 is 0. The summed E-state index contributed by atoms with van der Waals surface area (Å²) in [6.45, 7) is 2.01. The van der Waals surface area contributed by atoms with Gasteiger partial charge in [0.15, 0.2) is 0 Å². The molecule has 0 fully saturated rings. The number of hydrogen-bond acceptors (Lipinski definition) is 2. The molecule has 1 aromatic carbocycles. The summed E-state index contributed by atoms with van der Waals surface area (Å²) in [4.78, 5) is 10.6. The quantitative estimate of drug-likeness (QED) is 0.856. The van der Waals surface area contributed by atoms with E-state index in [1.165, 1.54) is 0 Å². The van der Waals surface area contributed by atoms with E-state index in [4.69, 9.17) is 5.11 Å². The van der Waals surface area contributed by atoms with Gasteiger partial charge in [-0.2, -0.15) is 5.10 Å². The van der Waals surface area contributed by atoms with Crippen LogP contribution in [-0.2, 0) is 18.3 Å². The number of rotatable bonds is 3. The number of carboxylic acid groups (broad SMARTS) is 1. The van der Waals surface area contributed by atoms with E-state index in [0.717, 1.165) is 22.2 Å². The zero-order valence-corrected chi connectivity index (χ0v) is 9.40. The average molecular weight is 218 g/mol. The van der Waals surface area contributed by atoms with E-state index in [-0.39, 0.29) is 6.42 Å². The van der Waals surface area contributed by atoms with E-state index in [1.807, 2.05) is 32.2 Å². The number of aryl methyl sites for hydroxylation is 3. The Bertz CT molecular complexity index is 543. The summed E-state index contributed by atoms with van der Waals surface area (Å²) in [7, 11) is 1.86. The fraction of sp³-hybridized carbons (Fsp3) is 0.333. The first-order chi connectivity index (χ1) is 7.59. The second-order valence-corrected chi connectivity index (χ2v) is 3.94. The lowest BCUT2D eigenvalue weighted by atomic mass is 10.1. The lowest BCUT2D eigenvalue weighted by Gasteiger charge is -1.99. The number of benzene rings is 1. The third-order valence-corrected chi connectivity index (χ3v) is 2.76. The third-order valence-electron chi connectivity index (χ3n) is 2.76. The Morgan fingerprint density at radius 2 is 2.25 bits per heavy atom. The zero-order valence-electron chi connectivity index (χ0n) is 9.40. The van der Waals surface area contributed by atoms with Gasteiger partial charge in [-0.25, -0.2) is 0 Å². The van der Waals surface area contributed by atoms with Crippen LogP contribution in [0.4, 0.5) is 0 Å². The van der Waals surface area contributed by atoms with Gasteiger partial charge in [0.05, 0.1) is 11.9 Å². The van der Waals surface area contributed by atoms with Crippen molar-refractivity contribution < 1.29 is 9.90 Å². The lowest BCUT2D eigenvalue weighted by Crippen LogP contribution is -2.03. The number of nitrogens with zero attached hydrogens (tertiary/aromatic N) is 2. The van der Waals surface area contributed by atoms with Crippen LogP contribution in [0.5, 0.6) is 0 Å². The molecule has 4 heteroatoms. The highest BCUT2D eigenvalue weighted by Crippen LogP contribution is 2.21. The van der Waals surface area contributed by atoms with Gasteiger partial charge < -0.3 is 5.11 Å². The first kappa shape index (κ1) is 10.7. The molecular formula is C12H14N2O2. The molecule has 2 rings (SSSR count). The van der Waals surface area contributed by atoms with Gasteiger partial charge in [0.2, 0.25) is 0 Å². The molecule has 1 aromatic heterocycles. The SMILES string of the molecule is Cc1cccc2c(CCC(=O)O)n(C)nc12. The van der Waals surface area contributed by atoms with Gasteiger partial charge in [-0.15, -0.1) is 0 Å². The van der Waals surface area contributed by atoms with E-state index < -0.39 is 5.97 Å². The molecule has 0 saturated heterocycles. The summed E-state index contributed by atoms with van der Waals surface area (Å²) in [5, 5.41) is 14.2. The maximum absolute atomic E-state index is 10.6. The van der Waals surface area contributed by atoms with Crippen molar-refractivity contribution in [3.8, 4) is 0 Å². The van der Waals surface area contributed by atoms with Crippen LogP contribution in [0.1, 0.15) is 17.7 Å². The molecule has 1 heterocycles. The van der Waals surface area contributed by atoms with E-state index >= 15 is 0 Å². The number of fused-ring (bicyclic) bond motifs is 1. The Balaban J connectivity index is 2.48. The van der Waals surface area contributed by atoms with E-state index in [0.29, 0.717) is 6.42 Å². The van der Waals surface area contributed by atoms with Crippen molar-refractivity contribution in [1.82, 2.24) is 9.78 Å². The molecule has 1 N–H and O–H groups in total. The molecule has 0 saturated carbocycles. The van der Waals surface area contributed by atoms with Gasteiger partial charge in [0, 0.05) is 24.5 Å². The predicted octanol–water partition coefficient (Wildman–Crippen LogP) is 1.90. The Kier molecular flexibility index (Phi) is 2.64. The molecule has 0 aliphatic heterocycles. The molecule has 0 unspecified atom stereocenters. The van der Waals surface area contributed by atoms with Crippen LogP contribution in [0.2, 0.25) is 0 Å². The molecule has 0 aliphatic carbocycles. The number of aliphatic carboxylic acids is 1. The number of carboxylic acids is 1. The van der Waals surface area contributed by atoms with Crippen molar-refractivity contribution in [2.75, 3.05) is 0 Å². The van der Waals surface area contributed by atoms with E-state index in [2.05, 4.69) is 5.10 Å². The standard InChI is InChI=1S/C12H14N2O2/c1-8-4-3-5-9-10(6-7-11(15)16)14(2)13-12(8)9/h3-5H,6-7H2,1-2H3,(H,15,16). The molecule has 4 nitrogen and oxygen atoms in total. The fourth-order valence-electron chi connectivity index (χ4n) is 1.93. The Morgan fingerprint density at radius 1 is 1.50 bits per heavy atom. The smallest absolute Gasteiger partial charge is 0.303 e. The predicted molar refractivity (Wildman–Crippen MR) is 61.4 cm³/mol. The van der Waals surface area contributed by atoms with Gasteiger partial charge in [-0.1, -0.05) is 18.2 Å². The van der Waals surface area contributed by atoms with Crippen LogP contribution in [-0.4, -0.2) is 20.9 Å². The number of carbonyl (C=O) groups is 1. The Labute approximate surface area is 93.5 Å². The van der Waals surface area contributed by atoms with Gasteiger partial charge in [-0.05, 0) is 12.5 Å².